The average Bonchev–Trinajstić information content (AvgIpc) is 2.38. The normalized spacial score (nSPS) is 23.9. The van der Waals surface area contributed by atoms with E-state index in [0.717, 1.165) is 18.8 Å². The fraction of sp³-hybridized carbons (Fsp3) is 0.692. The summed E-state index contributed by atoms with van der Waals surface area (Å²) >= 11 is 6.09. The standard InChI is InChI=1S/C13H20ClN3O/c1-3-17-13(18)12(14)11(8-15-17)16-10-6-4-9(2)5-7-10/h8-10,16H,3-7H2,1-2H3. The molecule has 0 unspecified atom stereocenters. The van der Waals surface area contributed by atoms with Crippen LogP contribution in [0.3, 0.4) is 0 Å². The van der Waals surface area contributed by atoms with Crippen LogP contribution in [0, 0.1) is 5.92 Å². The number of aromatic nitrogens is 2. The van der Waals surface area contributed by atoms with E-state index in [0.29, 0.717) is 18.3 Å². The van der Waals surface area contributed by atoms with Gasteiger partial charge in [-0.05, 0) is 38.5 Å². The predicted molar refractivity (Wildman–Crippen MR) is 74.2 cm³/mol. The van der Waals surface area contributed by atoms with Crippen LogP contribution in [0.2, 0.25) is 5.02 Å². The lowest BCUT2D eigenvalue weighted by molar-refractivity contribution is 0.361. The topological polar surface area (TPSA) is 46.9 Å². The Hall–Kier alpha value is -1.03. The molecule has 5 heteroatoms. The second kappa shape index (κ2) is 5.74. The summed E-state index contributed by atoms with van der Waals surface area (Å²) in [5, 5.41) is 7.70. The molecule has 0 spiro atoms. The van der Waals surface area contributed by atoms with Gasteiger partial charge in [0.15, 0.2) is 0 Å². The van der Waals surface area contributed by atoms with Crippen molar-refractivity contribution < 1.29 is 0 Å². The number of hydrogen-bond donors (Lipinski definition) is 1. The van der Waals surface area contributed by atoms with Crippen molar-refractivity contribution in [3.05, 3.63) is 21.6 Å². The van der Waals surface area contributed by atoms with E-state index in [-0.39, 0.29) is 10.6 Å². The van der Waals surface area contributed by atoms with E-state index in [2.05, 4.69) is 17.3 Å². The van der Waals surface area contributed by atoms with Crippen molar-refractivity contribution in [1.29, 1.82) is 0 Å². The monoisotopic (exact) mass is 269 g/mol. The van der Waals surface area contributed by atoms with E-state index in [1.165, 1.54) is 17.5 Å². The van der Waals surface area contributed by atoms with Crippen molar-refractivity contribution in [2.45, 2.75) is 52.1 Å². The van der Waals surface area contributed by atoms with Crippen molar-refractivity contribution in [3.8, 4) is 0 Å². The van der Waals surface area contributed by atoms with E-state index >= 15 is 0 Å². The largest absolute Gasteiger partial charge is 0.380 e. The van der Waals surface area contributed by atoms with E-state index in [1.807, 2.05) is 6.92 Å². The summed E-state index contributed by atoms with van der Waals surface area (Å²) in [6.45, 7) is 4.70. The fourth-order valence-corrected chi connectivity index (χ4v) is 2.62. The lowest BCUT2D eigenvalue weighted by Crippen LogP contribution is -2.28. The Balaban J connectivity index is 2.10. The van der Waals surface area contributed by atoms with Gasteiger partial charge in [-0.15, -0.1) is 0 Å². The van der Waals surface area contributed by atoms with Crippen molar-refractivity contribution >= 4 is 17.3 Å². The number of rotatable bonds is 3. The molecule has 18 heavy (non-hydrogen) atoms. The first kappa shape index (κ1) is 13.4. The molecular weight excluding hydrogens is 250 g/mol. The third-order valence-electron chi connectivity index (χ3n) is 3.66. The SMILES string of the molecule is CCn1ncc(NC2CCC(C)CC2)c(Cl)c1=O. The maximum Gasteiger partial charge on any atom is 0.287 e. The number of halogens is 1. The van der Waals surface area contributed by atoms with Crippen LogP contribution in [-0.2, 0) is 6.54 Å². The Kier molecular flexibility index (Phi) is 4.27. The van der Waals surface area contributed by atoms with Gasteiger partial charge < -0.3 is 5.32 Å². The van der Waals surface area contributed by atoms with Gasteiger partial charge in [-0.2, -0.15) is 5.10 Å². The summed E-state index contributed by atoms with van der Waals surface area (Å²) in [7, 11) is 0. The van der Waals surface area contributed by atoms with Crippen molar-refractivity contribution in [3.63, 3.8) is 0 Å². The average molecular weight is 270 g/mol. The molecule has 4 nitrogen and oxygen atoms in total. The molecule has 1 N–H and O–H groups in total. The van der Waals surface area contributed by atoms with Gasteiger partial charge in [0, 0.05) is 12.6 Å². The molecule has 1 heterocycles. The van der Waals surface area contributed by atoms with E-state index in [4.69, 9.17) is 11.6 Å². The van der Waals surface area contributed by atoms with Crippen molar-refractivity contribution in [2.75, 3.05) is 5.32 Å². The van der Waals surface area contributed by atoms with Gasteiger partial charge in [-0.1, -0.05) is 18.5 Å². The molecule has 2 rings (SSSR count). The maximum absolute atomic E-state index is 11.8. The molecule has 0 saturated heterocycles. The fourth-order valence-electron chi connectivity index (χ4n) is 2.42. The molecule has 100 valence electrons. The predicted octanol–water partition coefficient (Wildman–Crippen LogP) is 2.91. The zero-order valence-electron chi connectivity index (χ0n) is 10.9. The Morgan fingerprint density at radius 2 is 2.11 bits per heavy atom. The third kappa shape index (κ3) is 2.86. The van der Waals surface area contributed by atoms with Gasteiger partial charge >= 0.3 is 0 Å². The molecule has 0 aliphatic heterocycles. The van der Waals surface area contributed by atoms with Gasteiger partial charge in [-0.25, -0.2) is 4.68 Å². The maximum atomic E-state index is 11.8. The first-order chi connectivity index (χ1) is 8.61. The van der Waals surface area contributed by atoms with E-state index < -0.39 is 0 Å². The summed E-state index contributed by atoms with van der Waals surface area (Å²) in [5.74, 6) is 0.810. The smallest absolute Gasteiger partial charge is 0.287 e. The Labute approximate surface area is 112 Å². The molecule has 0 atom stereocenters. The number of nitrogens with one attached hydrogen (secondary N) is 1. The molecular formula is C13H20ClN3O. The van der Waals surface area contributed by atoms with Gasteiger partial charge in [0.25, 0.3) is 5.56 Å². The molecule has 1 aromatic heterocycles. The molecule has 0 radical (unpaired) electrons. The van der Waals surface area contributed by atoms with Crippen LogP contribution in [0.4, 0.5) is 5.69 Å². The highest BCUT2D eigenvalue weighted by molar-refractivity contribution is 6.32. The Bertz CT molecular complexity index is 464. The number of anilines is 1. The summed E-state index contributed by atoms with van der Waals surface area (Å²) in [4.78, 5) is 11.8. The van der Waals surface area contributed by atoms with Crippen LogP contribution < -0.4 is 10.9 Å². The summed E-state index contributed by atoms with van der Waals surface area (Å²) in [5.41, 5.74) is 0.458. The minimum absolute atomic E-state index is 0.214. The van der Waals surface area contributed by atoms with Crippen LogP contribution in [-0.4, -0.2) is 15.8 Å². The quantitative estimate of drug-likeness (QED) is 0.918. The van der Waals surface area contributed by atoms with E-state index in [9.17, 15) is 4.79 Å². The molecule has 0 aromatic carbocycles. The lowest BCUT2D eigenvalue weighted by atomic mass is 9.87. The highest BCUT2D eigenvalue weighted by atomic mass is 35.5. The molecule has 1 aliphatic carbocycles. The van der Waals surface area contributed by atoms with Crippen LogP contribution in [0.1, 0.15) is 39.5 Å². The lowest BCUT2D eigenvalue weighted by Gasteiger charge is -2.27. The third-order valence-corrected chi connectivity index (χ3v) is 4.03. The minimum atomic E-state index is -0.214. The van der Waals surface area contributed by atoms with Gasteiger partial charge in [-0.3, -0.25) is 4.79 Å². The molecule has 0 amide bonds. The first-order valence-corrected chi connectivity index (χ1v) is 7.01. The summed E-state index contributed by atoms with van der Waals surface area (Å²) < 4.78 is 1.37. The molecule has 1 fully saturated rings. The summed E-state index contributed by atoms with van der Waals surface area (Å²) in [6.07, 6.45) is 6.39. The van der Waals surface area contributed by atoms with Crippen LogP contribution >= 0.6 is 11.6 Å². The second-order valence-corrected chi connectivity index (χ2v) is 5.47. The molecule has 1 aromatic rings. The van der Waals surface area contributed by atoms with Gasteiger partial charge in [0.05, 0.1) is 11.9 Å². The van der Waals surface area contributed by atoms with Crippen LogP contribution in [0.15, 0.2) is 11.0 Å². The first-order valence-electron chi connectivity index (χ1n) is 6.64. The molecule has 0 bridgehead atoms. The van der Waals surface area contributed by atoms with Gasteiger partial charge in [0.1, 0.15) is 5.02 Å². The number of nitrogens with zero attached hydrogens (tertiary/aromatic N) is 2. The Morgan fingerprint density at radius 3 is 2.72 bits per heavy atom. The van der Waals surface area contributed by atoms with Gasteiger partial charge in [0.2, 0.25) is 0 Å². The van der Waals surface area contributed by atoms with Crippen LogP contribution in [0.5, 0.6) is 0 Å². The second-order valence-electron chi connectivity index (χ2n) is 5.09. The number of hydrogen-bond acceptors (Lipinski definition) is 3. The van der Waals surface area contributed by atoms with Crippen LogP contribution in [0.25, 0.3) is 0 Å². The van der Waals surface area contributed by atoms with E-state index in [1.54, 1.807) is 6.20 Å². The highest BCUT2D eigenvalue weighted by Crippen LogP contribution is 2.27. The minimum Gasteiger partial charge on any atom is -0.380 e. The molecule has 1 saturated carbocycles. The van der Waals surface area contributed by atoms with Crippen molar-refractivity contribution in [2.24, 2.45) is 5.92 Å². The summed E-state index contributed by atoms with van der Waals surface area (Å²) in [6, 6.07) is 0.414. The Morgan fingerprint density at radius 1 is 1.44 bits per heavy atom. The highest BCUT2D eigenvalue weighted by Gasteiger charge is 2.19. The van der Waals surface area contributed by atoms with Crippen molar-refractivity contribution in [1.82, 2.24) is 9.78 Å². The zero-order chi connectivity index (χ0) is 13.1. The molecule has 1 aliphatic rings. The number of aryl methyl sites for hydroxylation is 1. The zero-order valence-corrected chi connectivity index (χ0v) is 11.7.